The number of carbonyl (C=O) groups excluding carboxylic acids is 2. The van der Waals surface area contributed by atoms with Gasteiger partial charge in [0.15, 0.2) is 16.4 Å². The largest absolute Gasteiger partial charge is 0.496 e. The number of amides is 1. The second-order valence-electron chi connectivity index (χ2n) is 6.84. The lowest BCUT2D eigenvalue weighted by atomic mass is 10.1. The van der Waals surface area contributed by atoms with Crippen LogP contribution >= 0.6 is 0 Å². The minimum absolute atomic E-state index is 0.0528. The van der Waals surface area contributed by atoms with E-state index in [1.807, 2.05) is 30.3 Å². The quantitative estimate of drug-likeness (QED) is 0.641. The van der Waals surface area contributed by atoms with Gasteiger partial charge >= 0.3 is 5.97 Å². The molecule has 8 heteroatoms. The summed E-state index contributed by atoms with van der Waals surface area (Å²) in [5, 5.41) is 0. The molecule has 2 aromatic carbocycles. The van der Waals surface area contributed by atoms with E-state index in [-0.39, 0.29) is 23.6 Å². The molecule has 3 rings (SSSR count). The minimum Gasteiger partial charge on any atom is -0.496 e. The first-order valence-electron chi connectivity index (χ1n) is 9.23. The van der Waals surface area contributed by atoms with Crippen LogP contribution in [-0.4, -0.2) is 56.5 Å². The third-order valence-corrected chi connectivity index (χ3v) is 6.57. The topological polar surface area (TPSA) is 90.0 Å². The molecule has 154 valence electrons. The van der Waals surface area contributed by atoms with Crippen LogP contribution in [0.25, 0.3) is 0 Å². The van der Waals surface area contributed by atoms with E-state index in [1.54, 1.807) is 24.3 Å². The van der Waals surface area contributed by atoms with Gasteiger partial charge in [-0.05, 0) is 24.1 Å². The van der Waals surface area contributed by atoms with Crippen LogP contribution < -0.4 is 4.74 Å². The summed E-state index contributed by atoms with van der Waals surface area (Å²) in [4.78, 5) is 26.7. The molecule has 7 nitrogen and oxygen atoms in total. The Morgan fingerprint density at radius 2 is 1.76 bits per heavy atom. The maximum atomic E-state index is 12.9. The van der Waals surface area contributed by atoms with E-state index in [1.165, 1.54) is 12.0 Å². The lowest BCUT2D eigenvalue weighted by molar-refractivity contribution is -0.137. The van der Waals surface area contributed by atoms with E-state index in [4.69, 9.17) is 9.47 Å². The molecule has 29 heavy (non-hydrogen) atoms. The van der Waals surface area contributed by atoms with E-state index in [0.29, 0.717) is 12.2 Å². The Balaban J connectivity index is 1.71. The third kappa shape index (κ3) is 5.35. The number of para-hydroxylation sites is 1. The highest BCUT2D eigenvalue weighted by molar-refractivity contribution is 7.91. The van der Waals surface area contributed by atoms with Crippen molar-refractivity contribution in [2.45, 2.75) is 19.0 Å². The average Bonchev–Trinajstić information content (AvgIpc) is 3.10. The summed E-state index contributed by atoms with van der Waals surface area (Å²) >= 11 is 0. The molecule has 0 N–H and O–H groups in total. The summed E-state index contributed by atoms with van der Waals surface area (Å²) in [6.07, 6.45) is 0.376. The summed E-state index contributed by atoms with van der Waals surface area (Å²) in [7, 11) is -1.72. The van der Waals surface area contributed by atoms with Gasteiger partial charge in [0, 0.05) is 12.6 Å². The van der Waals surface area contributed by atoms with Gasteiger partial charge in [-0.2, -0.15) is 0 Å². The number of benzene rings is 2. The molecule has 1 aliphatic rings. The standard InChI is InChI=1S/C21H23NO6S/c1-27-19-10-6-5-9-18(19)21(24)28-14-20(23)22(13-16-7-3-2-4-8-16)17-11-12-29(25,26)15-17/h2-10,17H,11-15H2,1H3/t17-/m1/s1. The molecular formula is C21H23NO6S. The molecule has 0 bridgehead atoms. The number of carbonyl (C=O) groups is 2. The fourth-order valence-corrected chi connectivity index (χ4v) is 5.05. The number of rotatable bonds is 7. The summed E-state index contributed by atoms with van der Waals surface area (Å²) < 4.78 is 34.2. The molecule has 1 atom stereocenters. The van der Waals surface area contributed by atoms with E-state index in [9.17, 15) is 18.0 Å². The molecule has 1 aliphatic heterocycles. The van der Waals surface area contributed by atoms with Gasteiger partial charge in [-0.3, -0.25) is 4.79 Å². The molecule has 1 amide bonds. The van der Waals surface area contributed by atoms with Gasteiger partial charge in [-0.15, -0.1) is 0 Å². The zero-order valence-corrected chi connectivity index (χ0v) is 16.9. The van der Waals surface area contributed by atoms with Crippen LogP contribution in [-0.2, 0) is 25.9 Å². The van der Waals surface area contributed by atoms with Crippen LogP contribution in [0.4, 0.5) is 0 Å². The van der Waals surface area contributed by atoms with Gasteiger partial charge in [-0.25, -0.2) is 13.2 Å². The molecule has 1 fully saturated rings. The van der Waals surface area contributed by atoms with Crippen molar-refractivity contribution in [1.29, 1.82) is 0 Å². The van der Waals surface area contributed by atoms with Gasteiger partial charge in [0.1, 0.15) is 11.3 Å². The Labute approximate surface area is 170 Å². The summed E-state index contributed by atoms with van der Waals surface area (Å²) in [6, 6.07) is 15.4. The van der Waals surface area contributed by atoms with Crippen LogP contribution in [0.1, 0.15) is 22.3 Å². The lowest BCUT2D eigenvalue weighted by Crippen LogP contribution is -2.42. The number of hydrogen-bond donors (Lipinski definition) is 0. The first-order chi connectivity index (χ1) is 13.9. The zero-order valence-electron chi connectivity index (χ0n) is 16.1. The third-order valence-electron chi connectivity index (χ3n) is 4.82. The molecule has 2 aromatic rings. The highest BCUT2D eigenvalue weighted by Gasteiger charge is 2.35. The lowest BCUT2D eigenvalue weighted by Gasteiger charge is -2.28. The van der Waals surface area contributed by atoms with Gasteiger partial charge in [0.2, 0.25) is 0 Å². The van der Waals surface area contributed by atoms with E-state index >= 15 is 0 Å². The molecule has 1 saturated heterocycles. The Morgan fingerprint density at radius 3 is 2.41 bits per heavy atom. The highest BCUT2D eigenvalue weighted by Crippen LogP contribution is 2.21. The van der Waals surface area contributed by atoms with E-state index < -0.39 is 34.4 Å². The fourth-order valence-electron chi connectivity index (χ4n) is 3.32. The zero-order chi connectivity index (χ0) is 20.9. The Kier molecular flexibility index (Phi) is 6.53. The van der Waals surface area contributed by atoms with Gasteiger partial charge in [-0.1, -0.05) is 42.5 Å². The first kappa shape index (κ1) is 20.9. The smallest absolute Gasteiger partial charge is 0.342 e. The predicted molar refractivity (Wildman–Crippen MR) is 107 cm³/mol. The Hall–Kier alpha value is -2.87. The fraction of sp³-hybridized carbons (Fsp3) is 0.333. The number of hydrogen-bond acceptors (Lipinski definition) is 6. The van der Waals surface area contributed by atoms with Crippen LogP contribution in [0.15, 0.2) is 54.6 Å². The van der Waals surface area contributed by atoms with Crippen LogP contribution in [0, 0.1) is 0 Å². The van der Waals surface area contributed by atoms with Crippen molar-refractivity contribution in [3.05, 3.63) is 65.7 Å². The number of ether oxygens (including phenoxy) is 2. The van der Waals surface area contributed by atoms with Gasteiger partial charge in [0.25, 0.3) is 5.91 Å². The van der Waals surface area contributed by atoms with Crippen molar-refractivity contribution < 1.29 is 27.5 Å². The molecule has 0 radical (unpaired) electrons. The SMILES string of the molecule is COc1ccccc1C(=O)OCC(=O)N(Cc1ccccc1)[C@@H]1CCS(=O)(=O)C1. The number of esters is 1. The molecular weight excluding hydrogens is 394 g/mol. The molecule has 0 aliphatic carbocycles. The van der Waals surface area contributed by atoms with Gasteiger partial charge in [0.05, 0.1) is 18.6 Å². The van der Waals surface area contributed by atoms with Crippen molar-refractivity contribution in [2.24, 2.45) is 0 Å². The minimum atomic E-state index is -3.17. The van der Waals surface area contributed by atoms with Crippen molar-refractivity contribution >= 4 is 21.7 Å². The molecule has 1 heterocycles. The second kappa shape index (κ2) is 9.09. The molecule has 0 spiro atoms. The summed E-state index contributed by atoms with van der Waals surface area (Å²) in [5.41, 5.74) is 1.10. The summed E-state index contributed by atoms with van der Waals surface area (Å²) in [6.45, 7) is -0.216. The van der Waals surface area contributed by atoms with Crippen molar-refractivity contribution in [1.82, 2.24) is 4.90 Å². The first-order valence-corrected chi connectivity index (χ1v) is 11.1. The maximum absolute atomic E-state index is 12.9. The number of nitrogens with zero attached hydrogens (tertiary/aromatic N) is 1. The van der Waals surface area contributed by atoms with Crippen molar-refractivity contribution in [2.75, 3.05) is 25.2 Å². The van der Waals surface area contributed by atoms with E-state index in [0.717, 1.165) is 5.56 Å². The average molecular weight is 417 g/mol. The molecule has 0 saturated carbocycles. The van der Waals surface area contributed by atoms with Gasteiger partial charge < -0.3 is 14.4 Å². The monoisotopic (exact) mass is 417 g/mol. The Bertz CT molecular complexity index is 974. The predicted octanol–water partition coefficient (Wildman–Crippen LogP) is 2.07. The van der Waals surface area contributed by atoms with Crippen LogP contribution in [0.2, 0.25) is 0 Å². The number of methoxy groups -OCH3 is 1. The second-order valence-corrected chi connectivity index (χ2v) is 9.07. The van der Waals surface area contributed by atoms with Crippen LogP contribution in [0.5, 0.6) is 5.75 Å². The molecule has 0 unspecified atom stereocenters. The van der Waals surface area contributed by atoms with Crippen molar-refractivity contribution in [3.63, 3.8) is 0 Å². The normalized spacial score (nSPS) is 17.5. The number of sulfone groups is 1. The summed E-state index contributed by atoms with van der Waals surface area (Å²) in [5.74, 6) is -0.773. The Morgan fingerprint density at radius 1 is 1.07 bits per heavy atom. The van der Waals surface area contributed by atoms with Crippen molar-refractivity contribution in [3.8, 4) is 5.75 Å². The maximum Gasteiger partial charge on any atom is 0.342 e. The highest BCUT2D eigenvalue weighted by atomic mass is 32.2. The molecule has 0 aromatic heterocycles. The van der Waals surface area contributed by atoms with E-state index in [2.05, 4.69) is 0 Å². The van der Waals surface area contributed by atoms with Crippen LogP contribution in [0.3, 0.4) is 0 Å².